The number of fused-ring (bicyclic) bond motifs is 1. The highest BCUT2D eigenvalue weighted by atomic mass is 19.1. The summed E-state index contributed by atoms with van der Waals surface area (Å²) in [5.74, 6) is -1.09. The van der Waals surface area contributed by atoms with Crippen LogP contribution in [0.4, 0.5) is 10.1 Å². The Kier molecular flexibility index (Phi) is 7.57. The van der Waals surface area contributed by atoms with Crippen molar-refractivity contribution < 1.29 is 28.2 Å². The summed E-state index contributed by atoms with van der Waals surface area (Å²) in [7, 11) is 1.59. The zero-order valence-corrected chi connectivity index (χ0v) is 19.9. The van der Waals surface area contributed by atoms with Gasteiger partial charge in [-0.3, -0.25) is 19.5 Å². The third-order valence-electron chi connectivity index (χ3n) is 5.70. The van der Waals surface area contributed by atoms with E-state index in [9.17, 15) is 18.8 Å². The lowest BCUT2D eigenvalue weighted by molar-refractivity contribution is -0.143. The number of aromatic amines is 1. The summed E-state index contributed by atoms with van der Waals surface area (Å²) in [6.45, 7) is 1.98. The van der Waals surface area contributed by atoms with Gasteiger partial charge in [0.05, 0.1) is 12.3 Å². The number of carbonyl (C=O) groups is 3. The first kappa shape index (κ1) is 24.8. The molecule has 36 heavy (non-hydrogen) atoms. The van der Waals surface area contributed by atoms with E-state index in [1.165, 1.54) is 11.0 Å². The zero-order chi connectivity index (χ0) is 25.7. The second-order valence-corrected chi connectivity index (χ2v) is 8.22. The molecule has 0 bridgehead atoms. The highest BCUT2D eigenvalue weighted by Gasteiger charge is 2.31. The number of aromatic nitrogens is 3. The fraction of sp³-hybridized carbons (Fsp3) is 0.320. The van der Waals surface area contributed by atoms with Gasteiger partial charge in [-0.05, 0) is 42.7 Å². The van der Waals surface area contributed by atoms with E-state index in [-0.39, 0.29) is 43.0 Å². The van der Waals surface area contributed by atoms with Crippen LogP contribution in [0, 0.1) is 5.82 Å². The normalized spacial score (nSPS) is 15.0. The molecule has 11 heteroatoms. The van der Waals surface area contributed by atoms with Gasteiger partial charge in [0.1, 0.15) is 30.0 Å². The number of anilines is 1. The maximum absolute atomic E-state index is 13.9. The van der Waals surface area contributed by atoms with Crippen LogP contribution >= 0.6 is 0 Å². The number of halogens is 1. The average Bonchev–Trinajstić information content (AvgIpc) is 3.31. The smallest absolute Gasteiger partial charge is 0.306 e. The minimum Gasteiger partial charge on any atom is -0.489 e. The third-order valence-corrected chi connectivity index (χ3v) is 5.70. The molecule has 0 saturated heterocycles. The van der Waals surface area contributed by atoms with Crippen LogP contribution < -0.4 is 15.0 Å². The number of nitrogens with one attached hydrogen (secondary N) is 2. The molecule has 2 amide bonds. The van der Waals surface area contributed by atoms with Gasteiger partial charge in [0, 0.05) is 19.9 Å². The number of likely N-dealkylation sites (N-methyl/N-ethyl adjacent to an activating group) is 1. The molecule has 188 valence electrons. The van der Waals surface area contributed by atoms with Crippen molar-refractivity contribution in [3.05, 3.63) is 71.1 Å². The highest BCUT2D eigenvalue weighted by Crippen LogP contribution is 2.32. The van der Waals surface area contributed by atoms with Crippen molar-refractivity contribution in [1.29, 1.82) is 0 Å². The number of nitrogens with zero attached hydrogens (tertiary/aromatic N) is 3. The molecule has 0 saturated carbocycles. The minimum atomic E-state index is -0.980. The van der Waals surface area contributed by atoms with E-state index in [2.05, 4.69) is 20.5 Å². The first-order chi connectivity index (χ1) is 17.4. The molecule has 2 heterocycles. The highest BCUT2D eigenvalue weighted by molar-refractivity contribution is 6.02. The first-order valence-electron chi connectivity index (χ1n) is 11.5. The summed E-state index contributed by atoms with van der Waals surface area (Å²) in [6, 6.07) is 10.6. The maximum Gasteiger partial charge on any atom is 0.306 e. The Morgan fingerprint density at radius 3 is 2.86 bits per heavy atom. The lowest BCUT2D eigenvalue weighted by Gasteiger charge is -2.20. The Bertz CT molecular complexity index is 1280. The van der Waals surface area contributed by atoms with E-state index in [4.69, 9.17) is 9.47 Å². The van der Waals surface area contributed by atoms with Crippen molar-refractivity contribution in [2.75, 3.05) is 25.2 Å². The van der Waals surface area contributed by atoms with Gasteiger partial charge in [0.15, 0.2) is 0 Å². The molecule has 3 aromatic rings. The Labute approximate surface area is 206 Å². The largest absolute Gasteiger partial charge is 0.489 e. The molecule has 1 aliphatic heterocycles. The number of esters is 1. The van der Waals surface area contributed by atoms with Gasteiger partial charge in [-0.2, -0.15) is 0 Å². The predicted octanol–water partition coefficient (Wildman–Crippen LogP) is 2.18. The number of benzene rings is 2. The van der Waals surface area contributed by atoms with Gasteiger partial charge in [-0.1, -0.05) is 24.3 Å². The zero-order valence-electron chi connectivity index (χ0n) is 19.9. The molecular weight excluding hydrogens is 469 g/mol. The number of ether oxygens (including phenoxy) is 2. The molecule has 0 unspecified atom stereocenters. The van der Waals surface area contributed by atoms with Gasteiger partial charge in [0.2, 0.25) is 5.82 Å². The van der Waals surface area contributed by atoms with E-state index in [1.807, 2.05) is 6.07 Å². The minimum absolute atomic E-state index is 0.0867. The molecule has 10 nitrogen and oxygen atoms in total. The van der Waals surface area contributed by atoms with Crippen LogP contribution in [0.15, 0.2) is 42.5 Å². The van der Waals surface area contributed by atoms with Crippen LogP contribution in [0.3, 0.4) is 0 Å². The second-order valence-electron chi connectivity index (χ2n) is 8.22. The lowest BCUT2D eigenvalue weighted by Crippen LogP contribution is -2.49. The van der Waals surface area contributed by atoms with Gasteiger partial charge in [-0.25, -0.2) is 9.37 Å². The van der Waals surface area contributed by atoms with E-state index in [0.717, 1.165) is 5.56 Å². The number of aryl methyl sites for hydroxylation is 1. The molecule has 0 aliphatic carbocycles. The molecule has 0 radical (unpaired) electrons. The Hall–Kier alpha value is -4.28. The van der Waals surface area contributed by atoms with Crippen molar-refractivity contribution in [1.82, 2.24) is 20.5 Å². The molecule has 1 atom stereocenters. The van der Waals surface area contributed by atoms with Crippen LogP contribution in [0.25, 0.3) is 0 Å². The summed E-state index contributed by atoms with van der Waals surface area (Å²) in [5, 5.41) is 9.14. The monoisotopic (exact) mass is 495 g/mol. The molecule has 2 N–H and O–H groups in total. The second kappa shape index (κ2) is 11.0. The van der Waals surface area contributed by atoms with E-state index in [0.29, 0.717) is 35.9 Å². The third kappa shape index (κ3) is 5.68. The summed E-state index contributed by atoms with van der Waals surface area (Å²) in [6.07, 6.45) is 0.808. The lowest BCUT2D eigenvalue weighted by atomic mass is 10.1. The quantitative estimate of drug-likeness (QED) is 0.459. The number of H-pyrrole nitrogens is 1. The van der Waals surface area contributed by atoms with Crippen LogP contribution in [-0.2, 0) is 27.2 Å². The number of amides is 2. The van der Waals surface area contributed by atoms with Gasteiger partial charge in [-0.15, -0.1) is 5.10 Å². The van der Waals surface area contributed by atoms with Crippen LogP contribution in [0.2, 0.25) is 0 Å². The maximum atomic E-state index is 13.9. The summed E-state index contributed by atoms with van der Waals surface area (Å²) >= 11 is 0. The summed E-state index contributed by atoms with van der Waals surface area (Å²) in [4.78, 5) is 43.0. The molecule has 1 aliphatic rings. The number of carbonyl (C=O) groups excluding carboxylic acids is 3. The molecule has 2 aromatic carbocycles. The van der Waals surface area contributed by atoms with Crippen molar-refractivity contribution >= 4 is 23.5 Å². The van der Waals surface area contributed by atoms with Crippen molar-refractivity contribution in [2.24, 2.45) is 0 Å². The fourth-order valence-electron chi connectivity index (χ4n) is 3.80. The van der Waals surface area contributed by atoms with Gasteiger partial charge >= 0.3 is 5.97 Å². The van der Waals surface area contributed by atoms with E-state index >= 15 is 0 Å². The van der Waals surface area contributed by atoms with Crippen LogP contribution in [0.5, 0.6) is 5.75 Å². The van der Waals surface area contributed by atoms with Crippen molar-refractivity contribution in [2.45, 2.75) is 32.2 Å². The van der Waals surface area contributed by atoms with Crippen molar-refractivity contribution in [3.63, 3.8) is 0 Å². The molecule has 4 rings (SSSR count). The SMILES string of the molecule is CCOC(=O)CCc1ccc2c(c1)N(C)C(=O)[C@@H](NC(=O)c1n[nH]c(Cc3ccccc3F)n1)CO2. The molecule has 1 aromatic heterocycles. The van der Waals surface area contributed by atoms with Crippen LogP contribution in [0.1, 0.15) is 40.9 Å². The van der Waals surface area contributed by atoms with Crippen LogP contribution in [-0.4, -0.2) is 59.3 Å². The standard InChI is InChI=1S/C25H26FN5O5/c1-3-35-22(32)11-9-15-8-10-20-19(12-15)31(2)25(34)18(14-36-20)27-24(33)23-28-21(29-30-23)13-16-6-4-5-7-17(16)26/h4-8,10,12,18H,3,9,11,13-14H2,1-2H3,(H,27,33)(H,28,29,30)/t18-/m0/s1. The molecule has 0 spiro atoms. The first-order valence-corrected chi connectivity index (χ1v) is 11.5. The number of rotatable bonds is 8. The molecular formula is C25H26FN5O5. The number of hydrogen-bond acceptors (Lipinski definition) is 7. The predicted molar refractivity (Wildman–Crippen MR) is 127 cm³/mol. The number of hydrogen-bond donors (Lipinski definition) is 2. The Balaban J connectivity index is 1.41. The van der Waals surface area contributed by atoms with Crippen molar-refractivity contribution in [3.8, 4) is 5.75 Å². The fourth-order valence-corrected chi connectivity index (χ4v) is 3.80. The van der Waals surface area contributed by atoms with E-state index in [1.54, 1.807) is 44.3 Å². The Morgan fingerprint density at radius 1 is 1.28 bits per heavy atom. The van der Waals surface area contributed by atoms with E-state index < -0.39 is 11.9 Å². The summed E-state index contributed by atoms with van der Waals surface area (Å²) in [5.41, 5.74) is 1.78. The summed E-state index contributed by atoms with van der Waals surface area (Å²) < 4.78 is 24.7. The molecule has 0 fully saturated rings. The van der Waals surface area contributed by atoms with Gasteiger partial charge < -0.3 is 19.7 Å². The van der Waals surface area contributed by atoms with Gasteiger partial charge in [0.25, 0.3) is 11.8 Å². The Morgan fingerprint density at radius 2 is 2.08 bits per heavy atom. The average molecular weight is 496 g/mol. The topological polar surface area (TPSA) is 127 Å².